The first-order chi connectivity index (χ1) is 17.2. The normalized spacial score (nSPS) is 24.7. The van der Waals surface area contributed by atoms with Gasteiger partial charge in [0, 0.05) is 16.6 Å². The number of nitrogens with zero attached hydrogens (tertiary/aromatic N) is 1. The van der Waals surface area contributed by atoms with Crippen LogP contribution in [-0.2, 0) is 30.3 Å². The number of hydrogen-bond acceptors (Lipinski definition) is 5. The number of rotatable bonds is 7. The zero-order valence-electron chi connectivity index (χ0n) is 20.1. The molecule has 5 atom stereocenters. The van der Waals surface area contributed by atoms with Gasteiger partial charge in [0.2, 0.25) is 11.8 Å². The summed E-state index contributed by atoms with van der Waals surface area (Å²) in [7, 11) is 0. The number of carbonyl (C=O) groups is 4. The molecule has 1 N–H and O–H groups in total. The molecule has 1 saturated carbocycles. The number of amides is 3. The third-order valence-corrected chi connectivity index (χ3v) is 8.68. The fourth-order valence-corrected chi connectivity index (χ4v) is 6.03. The first kappa shape index (κ1) is 24.4. The number of likely N-dealkylation sites (tertiary alicyclic amines) is 1. The van der Waals surface area contributed by atoms with E-state index in [4.69, 9.17) is 4.74 Å². The van der Waals surface area contributed by atoms with Gasteiger partial charge in [0.05, 0.1) is 11.8 Å². The van der Waals surface area contributed by atoms with Crippen LogP contribution < -0.4 is 5.32 Å². The van der Waals surface area contributed by atoms with Crippen molar-refractivity contribution in [1.82, 2.24) is 4.90 Å². The molecule has 2 bridgehead atoms. The van der Waals surface area contributed by atoms with Gasteiger partial charge in [0.15, 0.2) is 6.61 Å². The van der Waals surface area contributed by atoms with Crippen molar-refractivity contribution in [2.75, 3.05) is 11.9 Å². The van der Waals surface area contributed by atoms with Crippen molar-refractivity contribution >= 4 is 45.3 Å². The first-order valence-electron chi connectivity index (χ1n) is 12.1. The van der Waals surface area contributed by atoms with Gasteiger partial charge in [-0.05, 0) is 60.9 Å². The highest BCUT2D eigenvalue weighted by Crippen LogP contribution is 2.53. The summed E-state index contributed by atoms with van der Waals surface area (Å²) in [4.78, 5) is 53.7. The molecular formula is C28H27BrN2O5. The van der Waals surface area contributed by atoms with Gasteiger partial charge in [0.1, 0.15) is 6.04 Å². The van der Waals surface area contributed by atoms with Gasteiger partial charge in [0.25, 0.3) is 5.91 Å². The molecule has 36 heavy (non-hydrogen) atoms. The summed E-state index contributed by atoms with van der Waals surface area (Å²) in [5, 5.41) is 2.74. The van der Waals surface area contributed by atoms with Gasteiger partial charge in [-0.15, -0.1) is 0 Å². The van der Waals surface area contributed by atoms with Crippen molar-refractivity contribution in [3.63, 3.8) is 0 Å². The van der Waals surface area contributed by atoms with Gasteiger partial charge in [-0.25, -0.2) is 4.79 Å². The molecule has 0 aromatic heterocycles. The number of hydrogen-bond donors (Lipinski definition) is 1. The minimum atomic E-state index is -1.12. The van der Waals surface area contributed by atoms with E-state index in [0.717, 1.165) is 32.5 Å². The zero-order valence-corrected chi connectivity index (χ0v) is 21.7. The highest BCUT2D eigenvalue weighted by Gasteiger charge is 2.61. The molecule has 3 amide bonds. The van der Waals surface area contributed by atoms with Crippen LogP contribution in [0.25, 0.3) is 0 Å². The molecule has 2 fully saturated rings. The number of carbonyl (C=O) groups excluding carboxylic acids is 4. The monoisotopic (exact) mass is 550 g/mol. The minimum absolute atomic E-state index is 0.0402. The molecule has 2 aromatic rings. The van der Waals surface area contributed by atoms with Crippen LogP contribution in [0.4, 0.5) is 5.69 Å². The largest absolute Gasteiger partial charge is 0.454 e. The van der Waals surface area contributed by atoms with Crippen LogP contribution in [0.3, 0.4) is 0 Å². The Balaban J connectivity index is 1.31. The van der Waals surface area contributed by atoms with Crippen LogP contribution in [0, 0.1) is 37.5 Å². The molecule has 1 aliphatic heterocycles. The summed E-state index contributed by atoms with van der Waals surface area (Å²) >= 11 is 3.50. The van der Waals surface area contributed by atoms with E-state index in [0.29, 0.717) is 5.69 Å². The van der Waals surface area contributed by atoms with Gasteiger partial charge in [-0.3, -0.25) is 19.3 Å². The predicted molar refractivity (Wildman–Crippen MR) is 137 cm³/mol. The number of benzene rings is 2. The average molecular weight is 551 g/mol. The van der Waals surface area contributed by atoms with Gasteiger partial charge in [-0.2, -0.15) is 0 Å². The SMILES string of the molecule is Cc1cc(NC(=O)COC(=O)[C@@H](Cc2ccccc2)N2C(=O)[C@@H]3[C@H](C2=O)[C@H]2C=C[C@H]3C2)cc(C)c1Br. The number of fused-ring (bicyclic) bond motifs is 5. The number of imide groups is 1. The standard InChI is InChI=1S/C28H27BrN2O5/c1-15-10-20(11-16(2)25(15)29)30-22(32)14-36-28(35)21(12-17-6-4-3-5-7-17)31-26(33)23-18-8-9-19(13-18)24(23)27(31)34/h3-11,18-19,21,23-24H,12-14H2,1-2H3,(H,30,32)/t18-,19-,21+,23-,24+/m0/s1. The van der Waals surface area contributed by atoms with E-state index in [1.54, 1.807) is 0 Å². The Labute approximate surface area is 218 Å². The second-order valence-electron chi connectivity index (χ2n) is 9.83. The number of aryl methyl sites for hydroxylation is 2. The van der Waals surface area contributed by atoms with E-state index in [2.05, 4.69) is 21.2 Å². The Morgan fingerprint density at radius 2 is 1.61 bits per heavy atom. The average Bonchev–Trinajstić information content (AvgIpc) is 3.54. The maximum absolute atomic E-state index is 13.4. The highest BCUT2D eigenvalue weighted by atomic mass is 79.9. The van der Waals surface area contributed by atoms with E-state index in [9.17, 15) is 19.2 Å². The summed E-state index contributed by atoms with van der Waals surface area (Å²) in [5.74, 6) is -2.64. The van der Waals surface area contributed by atoms with E-state index in [1.165, 1.54) is 0 Å². The Bertz CT molecular complexity index is 1220. The Hall–Kier alpha value is -3.26. The highest BCUT2D eigenvalue weighted by molar-refractivity contribution is 9.10. The molecule has 0 spiro atoms. The molecule has 1 heterocycles. The van der Waals surface area contributed by atoms with Crippen molar-refractivity contribution in [3.8, 4) is 0 Å². The maximum Gasteiger partial charge on any atom is 0.330 e. The van der Waals surface area contributed by atoms with E-state index < -0.39 is 36.4 Å². The Morgan fingerprint density at radius 1 is 1.03 bits per heavy atom. The van der Waals surface area contributed by atoms with Crippen LogP contribution in [0.1, 0.15) is 23.1 Å². The molecular weight excluding hydrogens is 524 g/mol. The third-order valence-electron chi connectivity index (χ3n) is 7.43. The van der Waals surface area contributed by atoms with Crippen molar-refractivity contribution in [1.29, 1.82) is 0 Å². The second-order valence-corrected chi connectivity index (χ2v) is 10.6. The number of esters is 1. The van der Waals surface area contributed by atoms with Crippen molar-refractivity contribution in [3.05, 3.63) is 75.8 Å². The Morgan fingerprint density at radius 3 is 2.19 bits per heavy atom. The number of anilines is 1. The third kappa shape index (κ3) is 4.39. The van der Waals surface area contributed by atoms with Gasteiger partial charge >= 0.3 is 5.97 Å². The van der Waals surface area contributed by atoms with Gasteiger partial charge < -0.3 is 10.1 Å². The van der Waals surface area contributed by atoms with Crippen molar-refractivity contribution < 1.29 is 23.9 Å². The van der Waals surface area contributed by atoms with E-state index in [-0.39, 0.29) is 30.1 Å². The summed E-state index contributed by atoms with van der Waals surface area (Å²) in [5.41, 5.74) is 3.31. The summed E-state index contributed by atoms with van der Waals surface area (Å²) in [6.45, 7) is 3.32. The molecule has 3 aliphatic rings. The minimum Gasteiger partial charge on any atom is -0.454 e. The molecule has 186 valence electrons. The fraction of sp³-hybridized carbons (Fsp3) is 0.357. The molecule has 7 nitrogen and oxygen atoms in total. The maximum atomic E-state index is 13.4. The molecule has 0 unspecified atom stereocenters. The summed E-state index contributed by atoms with van der Waals surface area (Å²) < 4.78 is 6.34. The first-order valence-corrected chi connectivity index (χ1v) is 12.9. The van der Waals surface area contributed by atoms with Crippen LogP contribution in [0.2, 0.25) is 0 Å². The van der Waals surface area contributed by atoms with Crippen molar-refractivity contribution in [2.24, 2.45) is 23.7 Å². The van der Waals surface area contributed by atoms with E-state index >= 15 is 0 Å². The molecule has 1 saturated heterocycles. The number of halogens is 1. The van der Waals surface area contributed by atoms with Gasteiger partial charge in [-0.1, -0.05) is 58.4 Å². The number of ether oxygens (including phenoxy) is 1. The van der Waals surface area contributed by atoms with Crippen LogP contribution >= 0.6 is 15.9 Å². The number of nitrogens with one attached hydrogen (secondary N) is 1. The van der Waals surface area contributed by atoms with Crippen molar-refractivity contribution in [2.45, 2.75) is 32.7 Å². The lowest BCUT2D eigenvalue weighted by atomic mass is 9.85. The molecule has 8 heteroatoms. The second kappa shape index (κ2) is 9.65. The molecule has 2 aromatic carbocycles. The topological polar surface area (TPSA) is 92.8 Å². The predicted octanol–water partition coefficient (Wildman–Crippen LogP) is 3.97. The molecule has 0 radical (unpaired) electrons. The Kier molecular flexibility index (Phi) is 6.55. The van der Waals surface area contributed by atoms with Crippen LogP contribution in [-0.4, -0.2) is 41.2 Å². The zero-order chi connectivity index (χ0) is 25.6. The summed E-state index contributed by atoms with van der Waals surface area (Å²) in [6, 6.07) is 11.7. The van der Waals surface area contributed by atoms with Crippen LogP contribution in [0.5, 0.6) is 0 Å². The molecule has 5 rings (SSSR count). The van der Waals surface area contributed by atoms with Crippen LogP contribution in [0.15, 0.2) is 59.1 Å². The lowest BCUT2D eigenvalue weighted by Crippen LogP contribution is -2.48. The number of allylic oxidation sites excluding steroid dienone is 2. The molecule has 2 aliphatic carbocycles. The lowest BCUT2D eigenvalue weighted by Gasteiger charge is -2.26. The smallest absolute Gasteiger partial charge is 0.330 e. The summed E-state index contributed by atoms with van der Waals surface area (Å²) in [6.07, 6.45) is 4.97. The van der Waals surface area contributed by atoms with E-state index in [1.807, 2.05) is 68.5 Å². The lowest BCUT2D eigenvalue weighted by molar-refractivity contribution is -0.160. The quantitative estimate of drug-likeness (QED) is 0.320. The fourth-order valence-electron chi connectivity index (χ4n) is 5.80.